The lowest BCUT2D eigenvalue weighted by molar-refractivity contribution is 0.621. The van der Waals surface area contributed by atoms with Crippen molar-refractivity contribution in [3.8, 4) is 0 Å². The molecule has 3 aromatic carbocycles. The summed E-state index contributed by atoms with van der Waals surface area (Å²) in [4.78, 5) is 2.72. The van der Waals surface area contributed by atoms with E-state index in [4.69, 9.17) is 0 Å². The summed E-state index contributed by atoms with van der Waals surface area (Å²) in [6.45, 7) is 0. The Kier molecular flexibility index (Phi) is 3.77. The maximum atomic E-state index is 3.72. The highest BCUT2D eigenvalue weighted by molar-refractivity contribution is 9.10. The van der Waals surface area contributed by atoms with Crippen molar-refractivity contribution >= 4 is 33.3 Å². The highest BCUT2D eigenvalue weighted by atomic mass is 79.9. The molecule has 0 saturated heterocycles. The Balaban J connectivity index is 1.64. The standard InChI is InChI=1S/C29H19BrS/c30-20-13-14-25-28(17-20)31-27-12-6-5-11-24(27)29(25)23-10-4-3-9-21(23)22-15-18-7-1-2-8-19(18)16-26(22)29/h1-15,17,19H,16H2. The van der Waals surface area contributed by atoms with Crippen molar-refractivity contribution in [3.05, 3.63) is 135 Å². The zero-order valence-electron chi connectivity index (χ0n) is 16.8. The monoisotopic (exact) mass is 478 g/mol. The second-order valence-corrected chi connectivity index (χ2v) is 10.6. The van der Waals surface area contributed by atoms with E-state index < -0.39 is 0 Å². The van der Waals surface area contributed by atoms with Gasteiger partial charge in [-0.15, -0.1) is 0 Å². The number of hydrogen-bond donors (Lipinski definition) is 0. The summed E-state index contributed by atoms with van der Waals surface area (Å²) in [5.74, 6) is 0.454. The second kappa shape index (κ2) is 6.48. The van der Waals surface area contributed by atoms with E-state index in [1.54, 1.807) is 5.57 Å². The van der Waals surface area contributed by atoms with Crippen molar-refractivity contribution in [2.45, 2.75) is 21.6 Å². The summed E-state index contributed by atoms with van der Waals surface area (Å²) >= 11 is 5.62. The summed E-state index contributed by atoms with van der Waals surface area (Å²) in [7, 11) is 0. The van der Waals surface area contributed by atoms with Crippen LogP contribution >= 0.6 is 27.7 Å². The number of rotatable bonds is 0. The van der Waals surface area contributed by atoms with Crippen LogP contribution in [0.15, 0.2) is 123 Å². The van der Waals surface area contributed by atoms with Crippen molar-refractivity contribution in [3.63, 3.8) is 0 Å². The van der Waals surface area contributed by atoms with Crippen molar-refractivity contribution in [1.29, 1.82) is 0 Å². The molecule has 2 atom stereocenters. The van der Waals surface area contributed by atoms with Crippen molar-refractivity contribution < 1.29 is 0 Å². The molecule has 0 nitrogen and oxygen atoms in total. The Hall–Kier alpha value is -2.55. The first kappa shape index (κ1) is 18.1. The molecule has 1 aliphatic heterocycles. The van der Waals surface area contributed by atoms with Gasteiger partial charge in [-0.25, -0.2) is 0 Å². The summed E-state index contributed by atoms with van der Waals surface area (Å²) in [6, 6.07) is 25.0. The smallest absolute Gasteiger partial charge is 0.0698 e. The minimum atomic E-state index is -0.221. The van der Waals surface area contributed by atoms with Crippen molar-refractivity contribution in [2.24, 2.45) is 5.92 Å². The first-order chi connectivity index (χ1) is 15.3. The van der Waals surface area contributed by atoms with Gasteiger partial charge in [-0.3, -0.25) is 0 Å². The van der Waals surface area contributed by atoms with E-state index in [1.165, 1.54) is 43.2 Å². The van der Waals surface area contributed by atoms with Gasteiger partial charge in [0, 0.05) is 20.2 Å². The molecule has 0 bridgehead atoms. The number of hydrogen-bond acceptors (Lipinski definition) is 1. The lowest BCUT2D eigenvalue weighted by atomic mass is 9.63. The van der Waals surface area contributed by atoms with Gasteiger partial charge < -0.3 is 0 Å². The fourth-order valence-electron chi connectivity index (χ4n) is 5.96. The van der Waals surface area contributed by atoms with E-state index in [0.717, 1.165) is 10.9 Å². The third-order valence-corrected chi connectivity index (χ3v) is 8.79. The van der Waals surface area contributed by atoms with Crippen molar-refractivity contribution in [2.75, 3.05) is 0 Å². The molecule has 31 heavy (non-hydrogen) atoms. The molecule has 0 amide bonds. The zero-order valence-corrected chi connectivity index (χ0v) is 19.2. The fraction of sp³-hybridized carbons (Fsp3) is 0.103. The first-order valence-electron chi connectivity index (χ1n) is 10.7. The van der Waals surface area contributed by atoms with Gasteiger partial charge in [0.2, 0.25) is 0 Å². The number of benzene rings is 3. The first-order valence-corrected chi connectivity index (χ1v) is 12.3. The normalized spacial score (nSPS) is 24.3. The molecular weight excluding hydrogens is 460 g/mol. The van der Waals surface area contributed by atoms with Gasteiger partial charge >= 0.3 is 0 Å². The molecule has 4 aliphatic rings. The van der Waals surface area contributed by atoms with Crippen molar-refractivity contribution in [1.82, 2.24) is 0 Å². The Bertz CT molecular complexity index is 1400. The van der Waals surface area contributed by atoms with Gasteiger partial charge in [-0.2, -0.15) is 0 Å². The van der Waals surface area contributed by atoms with Crippen LogP contribution in [-0.2, 0) is 5.41 Å². The average Bonchev–Trinajstić information content (AvgIpc) is 3.08. The quantitative estimate of drug-likeness (QED) is 0.314. The van der Waals surface area contributed by atoms with E-state index >= 15 is 0 Å². The molecule has 1 spiro atoms. The Labute approximate surface area is 195 Å². The minimum absolute atomic E-state index is 0.221. The van der Waals surface area contributed by atoms with Gasteiger partial charge in [0.25, 0.3) is 0 Å². The minimum Gasteiger partial charge on any atom is -0.0894 e. The molecule has 0 radical (unpaired) electrons. The predicted octanol–water partition coefficient (Wildman–Crippen LogP) is 8.09. The van der Waals surface area contributed by atoms with Crippen LogP contribution in [-0.4, -0.2) is 0 Å². The molecule has 2 heteroatoms. The van der Waals surface area contributed by atoms with Gasteiger partial charge in [0.05, 0.1) is 5.41 Å². The highest BCUT2D eigenvalue weighted by Gasteiger charge is 2.52. The van der Waals surface area contributed by atoms with E-state index in [2.05, 4.69) is 113 Å². The molecule has 3 aromatic rings. The van der Waals surface area contributed by atoms with Crippen LogP contribution in [0.2, 0.25) is 0 Å². The maximum absolute atomic E-state index is 3.72. The van der Waals surface area contributed by atoms with E-state index in [-0.39, 0.29) is 5.41 Å². The van der Waals surface area contributed by atoms with E-state index in [9.17, 15) is 0 Å². The SMILES string of the molecule is Brc1ccc2c(c1)Sc1ccccc1C21C2=C(C=C3C=CC=CC3C2)c2ccccc21. The Morgan fingerprint density at radius 3 is 2.58 bits per heavy atom. The van der Waals surface area contributed by atoms with Crippen LogP contribution in [0.3, 0.4) is 0 Å². The van der Waals surface area contributed by atoms with Crippen LogP contribution in [0.1, 0.15) is 28.7 Å². The Morgan fingerprint density at radius 1 is 0.839 bits per heavy atom. The van der Waals surface area contributed by atoms with Gasteiger partial charge in [-0.1, -0.05) is 107 Å². The molecule has 148 valence electrons. The molecule has 7 rings (SSSR count). The van der Waals surface area contributed by atoms with Crippen LogP contribution in [0.5, 0.6) is 0 Å². The number of halogens is 1. The molecule has 1 heterocycles. The number of fused-ring (bicyclic) bond motifs is 9. The van der Waals surface area contributed by atoms with E-state index in [1.807, 2.05) is 11.8 Å². The molecule has 2 unspecified atom stereocenters. The van der Waals surface area contributed by atoms with E-state index in [0.29, 0.717) is 5.92 Å². The summed E-state index contributed by atoms with van der Waals surface area (Å²) < 4.78 is 1.14. The molecule has 0 saturated carbocycles. The predicted molar refractivity (Wildman–Crippen MR) is 132 cm³/mol. The summed E-state index contributed by atoms with van der Waals surface area (Å²) in [6.07, 6.45) is 12.6. The Morgan fingerprint density at radius 2 is 1.65 bits per heavy atom. The lowest BCUT2D eigenvalue weighted by Crippen LogP contribution is -2.34. The second-order valence-electron chi connectivity index (χ2n) is 8.63. The third-order valence-electron chi connectivity index (χ3n) is 7.16. The highest BCUT2D eigenvalue weighted by Crippen LogP contribution is 2.64. The topological polar surface area (TPSA) is 0 Å². The molecule has 3 aliphatic carbocycles. The lowest BCUT2D eigenvalue weighted by Gasteiger charge is -2.42. The van der Waals surface area contributed by atoms with Crippen LogP contribution in [0.25, 0.3) is 5.57 Å². The summed E-state index contributed by atoms with van der Waals surface area (Å²) in [5, 5.41) is 0. The molecule has 0 N–H and O–H groups in total. The molecule has 0 aromatic heterocycles. The maximum Gasteiger partial charge on any atom is 0.0698 e. The van der Waals surface area contributed by atoms with Gasteiger partial charge in [-0.05, 0) is 63.6 Å². The summed E-state index contributed by atoms with van der Waals surface area (Å²) in [5.41, 5.74) is 9.87. The molecular formula is C29H19BrS. The van der Waals surface area contributed by atoms with Crippen LogP contribution in [0.4, 0.5) is 0 Å². The van der Waals surface area contributed by atoms with Gasteiger partial charge in [0.1, 0.15) is 0 Å². The largest absolute Gasteiger partial charge is 0.0894 e. The molecule has 0 fully saturated rings. The van der Waals surface area contributed by atoms with Gasteiger partial charge in [0.15, 0.2) is 0 Å². The van der Waals surface area contributed by atoms with Crippen LogP contribution < -0.4 is 0 Å². The number of allylic oxidation sites excluding steroid dienone is 8. The fourth-order valence-corrected chi connectivity index (χ4v) is 7.71. The zero-order chi connectivity index (χ0) is 20.6. The average molecular weight is 479 g/mol. The van der Waals surface area contributed by atoms with Crippen LogP contribution in [0, 0.1) is 5.92 Å². The third kappa shape index (κ3) is 2.32.